The number of carbonyl (C=O) groups is 1. The first-order chi connectivity index (χ1) is 13.8. The molecule has 7 heteroatoms. The summed E-state index contributed by atoms with van der Waals surface area (Å²) < 4.78 is 48.3. The summed E-state index contributed by atoms with van der Waals surface area (Å²) >= 11 is 0. The Morgan fingerprint density at radius 1 is 1.21 bits per heavy atom. The van der Waals surface area contributed by atoms with Crippen LogP contribution < -0.4 is 0 Å². The van der Waals surface area contributed by atoms with E-state index in [0.29, 0.717) is 43.9 Å². The number of aromatic nitrogens is 1. The lowest BCUT2D eigenvalue weighted by molar-refractivity contribution is -0.187. The summed E-state index contributed by atoms with van der Waals surface area (Å²) in [6, 6.07) is 9.59. The molecule has 1 aromatic carbocycles. The highest BCUT2D eigenvalue weighted by molar-refractivity contribution is 5.89. The predicted octanol–water partition coefficient (Wildman–Crippen LogP) is 5.55. The number of aromatic carboxylic acids is 1. The Morgan fingerprint density at radius 3 is 2.55 bits per heavy atom. The Bertz CT molecular complexity index is 830. The van der Waals surface area contributed by atoms with Crippen molar-refractivity contribution in [2.75, 3.05) is 6.61 Å². The summed E-state index contributed by atoms with van der Waals surface area (Å²) in [5.41, 5.74) is 2.00. The van der Waals surface area contributed by atoms with Gasteiger partial charge < -0.3 is 14.4 Å². The number of ether oxygens (including phenoxy) is 1. The summed E-state index contributed by atoms with van der Waals surface area (Å²) in [7, 11) is 0. The van der Waals surface area contributed by atoms with Gasteiger partial charge in [0.25, 0.3) is 0 Å². The number of nitrogens with zero attached hydrogens (tertiary/aromatic N) is 1. The van der Waals surface area contributed by atoms with Crippen molar-refractivity contribution >= 4 is 5.97 Å². The van der Waals surface area contributed by atoms with Gasteiger partial charge in [0.15, 0.2) is 0 Å². The molecule has 0 radical (unpaired) electrons. The van der Waals surface area contributed by atoms with E-state index in [1.54, 1.807) is 11.5 Å². The molecule has 1 aromatic heterocycles. The molecule has 1 heterocycles. The van der Waals surface area contributed by atoms with Crippen molar-refractivity contribution in [1.82, 2.24) is 4.57 Å². The van der Waals surface area contributed by atoms with Crippen molar-refractivity contribution in [3.63, 3.8) is 0 Å². The van der Waals surface area contributed by atoms with Gasteiger partial charge in [-0.1, -0.05) is 43.2 Å². The van der Waals surface area contributed by atoms with Crippen molar-refractivity contribution in [3.8, 4) is 0 Å². The van der Waals surface area contributed by atoms with E-state index >= 15 is 0 Å². The third-order valence-electron chi connectivity index (χ3n) is 5.74. The Morgan fingerprint density at radius 2 is 1.90 bits per heavy atom. The number of hydrogen-bond acceptors (Lipinski definition) is 2. The molecule has 29 heavy (non-hydrogen) atoms. The normalized spacial score (nSPS) is 20.0. The third kappa shape index (κ3) is 5.01. The smallest absolute Gasteiger partial charge is 0.392 e. The summed E-state index contributed by atoms with van der Waals surface area (Å²) in [5, 5.41) is 9.48. The molecule has 0 aliphatic heterocycles. The van der Waals surface area contributed by atoms with E-state index in [4.69, 9.17) is 4.74 Å². The Labute approximate surface area is 168 Å². The average molecular weight is 409 g/mol. The SMILES string of the molecule is Cc1c(C(=O)O)cn(CCOCc2ccccc2)c1C1CCCCC1C(F)(F)F. The van der Waals surface area contributed by atoms with E-state index in [1.165, 1.54) is 6.20 Å². The number of alkyl halides is 3. The molecule has 4 nitrogen and oxygen atoms in total. The number of carboxylic acid groups (broad SMARTS) is 1. The quantitative estimate of drug-likeness (QED) is 0.610. The van der Waals surface area contributed by atoms with Crippen LogP contribution in [0, 0.1) is 12.8 Å². The number of hydrogen-bond donors (Lipinski definition) is 1. The summed E-state index contributed by atoms with van der Waals surface area (Å²) in [4.78, 5) is 11.6. The fraction of sp³-hybridized carbons (Fsp3) is 0.500. The van der Waals surface area contributed by atoms with Gasteiger partial charge >= 0.3 is 12.1 Å². The van der Waals surface area contributed by atoms with Crippen LogP contribution in [-0.2, 0) is 17.9 Å². The molecule has 0 saturated heterocycles. The van der Waals surface area contributed by atoms with E-state index in [1.807, 2.05) is 30.3 Å². The van der Waals surface area contributed by atoms with Gasteiger partial charge in [0, 0.05) is 24.4 Å². The van der Waals surface area contributed by atoms with Crippen molar-refractivity contribution in [3.05, 3.63) is 58.9 Å². The van der Waals surface area contributed by atoms with Crippen molar-refractivity contribution in [1.29, 1.82) is 0 Å². The Kier molecular flexibility index (Phi) is 6.67. The second-order valence-corrected chi connectivity index (χ2v) is 7.63. The molecule has 0 spiro atoms. The van der Waals surface area contributed by atoms with Gasteiger partial charge in [0.1, 0.15) is 0 Å². The van der Waals surface area contributed by atoms with Gasteiger partial charge in [-0.3, -0.25) is 0 Å². The lowest BCUT2D eigenvalue weighted by atomic mass is 9.76. The van der Waals surface area contributed by atoms with Gasteiger partial charge in [-0.25, -0.2) is 4.79 Å². The van der Waals surface area contributed by atoms with Gasteiger partial charge in [-0.2, -0.15) is 13.2 Å². The molecule has 1 aliphatic rings. The van der Waals surface area contributed by atoms with Crippen LogP contribution in [-0.4, -0.2) is 28.4 Å². The molecule has 158 valence electrons. The second-order valence-electron chi connectivity index (χ2n) is 7.63. The van der Waals surface area contributed by atoms with Crippen LogP contribution in [0.15, 0.2) is 36.5 Å². The zero-order chi connectivity index (χ0) is 21.0. The van der Waals surface area contributed by atoms with E-state index in [-0.39, 0.29) is 12.0 Å². The minimum Gasteiger partial charge on any atom is -0.478 e. The molecular formula is C22H26F3NO3. The molecule has 2 unspecified atom stereocenters. The standard InChI is InChI=1S/C22H26F3NO3/c1-15-18(21(27)28)13-26(11-12-29-14-16-7-3-2-4-8-16)20(15)17-9-5-6-10-19(17)22(23,24)25/h2-4,7-8,13,17,19H,5-6,9-12,14H2,1H3,(H,27,28). The largest absolute Gasteiger partial charge is 0.478 e. The van der Waals surface area contributed by atoms with Crippen LogP contribution in [0.1, 0.15) is 58.8 Å². The minimum absolute atomic E-state index is 0.0644. The lowest BCUT2D eigenvalue weighted by Crippen LogP contribution is -2.33. The van der Waals surface area contributed by atoms with Gasteiger partial charge in [-0.15, -0.1) is 0 Å². The zero-order valence-corrected chi connectivity index (χ0v) is 16.4. The number of rotatable bonds is 7. The summed E-state index contributed by atoms with van der Waals surface area (Å²) in [6.45, 7) is 2.62. The fourth-order valence-electron chi connectivity index (χ4n) is 4.34. The van der Waals surface area contributed by atoms with Crippen LogP contribution >= 0.6 is 0 Å². The molecule has 1 N–H and O–H groups in total. The third-order valence-corrected chi connectivity index (χ3v) is 5.74. The Hall–Kier alpha value is -2.28. The van der Waals surface area contributed by atoms with Crippen molar-refractivity contribution in [2.24, 2.45) is 5.92 Å². The first kappa shape index (κ1) is 21.4. The maximum atomic E-state index is 13.6. The van der Waals surface area contributed by atoms with Crippen LogP contribution in [0.5, 0.6) is 0 Å². The van der Waals surface area contributed by atoms with E-state index < -0.39 is 24.0 Å². The highest BCUT2D eigenvalue weighted by Gasteiger charge is 2.47. The Balaban J connectivity index is 1.81. The molecule has 1 saturated carbocycles. The predicted molar refractivity (Wildman–Crippen MR) is 103 cm³/mol. The maximum absolute atomic E-state index is 13.6. The van der Waals surface area contributed by atoms with Gasteiger partial charge in [0.2, 0.25) is 0 Å². The zero-order valence-electron chi connectivity index (χ0n) is 16.4. The summed E-state index contributed by atoms with van der Waals surface area (Å²) in [5.74, 6) is -3.27. The second kappa shape index (κ2) is 9.03. The molecule has 2 atom stereocenters. The van der Waals surface area contributed by atoms with Crippen molar-refractivity contribution in [2.45, 2.75) is 57.9 Å². The monoisotopic (exact) mass is 409 g/mol. The van der Waals surface area contributed by atoms with E-state index in [9.17, 15) is 23.1 Å². The number of halogens is 3. The molecule has 0 amide bonds. The number of carboxylic acids is 1. The molecule has 1 aliphatic carbocycles. The van der Waals surface area contributed by atoms with Crippen LogP contribution in [0.25, 0.3) is 0 Å². The van der Waals surface area contributed by atoms with Crippen LogP contribution in [0.3, 0.4) is 0 Å². The highest BCUT2D eigenvalue weighted by Crippen LogP contribution is 2.47. The summed E-state index contributed by atoms with van der Waals surface area (Å²) in [6.07, 6.45) is -1.06. The van der Waals surface area contributed by atoms with Crippen LogP contribution in [0.4, 0.5) is 13.2 Å². The highest BCUT2D eigenvalue weighted by atomic mass is 19.4. The van der Waals surface area contributed by atoms with E-state index in [0.717, 1.165) is 12.0 Å². The average Bonchev–Trinajstić information content (AvgIpc) is 3.02. The molecular weight excluding hydrogens is 383 g/mol. The maximum Gasteiger partial charge on any atom is 0.392 e. The van der Waals surface area contributed by atoms with E-state index in [2.05, 4.69) is 0 Å². The van der Waals surface area contributed by atoms with Crippen LogP contribution in [0.2, 0.25) is 0 Å². The topological polar surface area (TPSA) is 51.5 Å². The molecule has 1 fully saturated rings. The first-order valence-electron chi connectivity index (χ1n) is 9.90. The van der Waals surface area contributed by atoms with Gasteiger partial charge in [0.05, 0.1) is 24.7 Å². The molecule has 0 bridgehead atoms. The lowest BCUT2D eigenvalue weighted by Gasteiger charge is -2.34. The fourth-order valence-corrected chi connectivity index (χ4v) is 4.34. The first-order valence-corrected chi connectivity index (χ1v) is 9.90. The van der Waals surface area contributed by atoms with Crippen molar-refractivity contribution < 1.29 is 27.8 Å². The minimum atomic E-state index is -4.29. The molecule has 3 rings (SSSR count). The van der Waals surface area contributed by atoms with Gasteiger partial charge in [-0.05, 0) is 30.9 Å². The molecule has 2 aromatic rings. The number of benzene rings is 1.